The quantitative estimate of drug-likeness (QED) is 0.545. The Balaban J connectivity index is 2.11. The van der Waals surface area contributed by atoms with Gasteiger partial charge in [0.15, 0.2) is 0 Å². The summed E-state index contributed by atoms with van der Waals surface area (Å²) >= 11 is 0. The van der Waals surface area contributed by atoms with Gasteiger partial charge in [0.25, 0.3) is 0 Å². The van der Waals surface area contributed by atoms with Gasteiger partial charge in [0.1, 0.15) is 6.04 Å². The molecule has 0 aliphatic heterocycles. The highest BCUT2D eigenvalue weighted by Gasteiger charge is 2.17. The van der Waals surface area contributed by atoms with E-state index in [1.165, 1.54) is 5.56 Å². The van der Waals surface area contributed by atoms with Crippen LogP contribution < -0.4 is 5.32 Å². The zero-order valence-corrected chi connectivity index (χ0v) is 12.1. The van der Waals surface area contributed by atoms with Crippen LogP contribution in [0.3, 0.4) is 0 Å². The van der Waals surface area contributed by atoms with E-state index in [-0.39, 0.29) is 12.8 Å². The van der Waals surface area contributed by atoms with Crippen LogP contribution in [-0.4, -0.2) is 34.7 Å². The topological polar surface area (TPSA) is 86.6 Å². The fourth-order valence-electron chi connectivity index (χ4n) is 2.13. The molecule has 21 heavy (non-hydrogen) atoms. The summed E-state index contributed by atoms with van der Waals surface area (Å²) in [7, 11) is 0. The van der Waals surface area contributed by atoms with E-state index in [0.717, 1.165) is 25.7 Å². The number of unbranched alkanes of at least 4 members (excludes halogenated alkanes) is 2. The Labute approximate surface area is 125 Å². The lowest BCUT2D eigenvalue weighted by atomic mass is 10.1. The van der Waals surface area contributed by atoms with Crippen molar-refractivity contribution < 1.29 is 19.8 Å². The molecule has 0 aromatic heterocycles. The smallest absolute Gasteiger partial charge is 0.320 e. The molecule has 0 bridgehead atoms. The summed E-state index contributed by atoms with van der Waals surface area (Å²) in [5.41, 5.74) is 1.32. The summed E-state index contributed by atoms with van der Waals surface area (Å²) in [5.74, 6) is -1.95. The third-order valence-electron chi connectivity index (χ3n) is 3.32. The number of carboxylic acid groups (broad SMARTS) is 2. The Morgan fingerprint density at radius 2 is 1.76 bits per heavy atom. The highest BCUT2D eigenvalue weighted by Crippen LogP contribution is 2.06. The molecule has 0 radical (unpaired) electrons. The summed E-state index contributed by atoms with van der Waals surface area (Å²) in [6.45, 7) is 0.603. The number of nitrogens with one attached hydrogen (secondary N) is 1. The second-order valence-electron chi connectivity index (χ2n) is 5.07. The number of hydrogen-bond donors (Lipinski definition) is 3. The van der Waals surface area contributed by atoms with E-state index < -0.39 is 18.0 Å². The van der Waals surface area contributed by atoms with Gasteiger partial charge in [-0.15, -0.1) is 0 Å². The number of carboxylic acids is 2. The van der Waals surface area contributed by atoms with Crippen molar-refractivity contribution in [2.24, 2.45) is 0 Å². The Morgan fingerprint density at radius 1 is 1.05 bits per heavy atom. The Bertz CT molecular complexity index is 433. The van der Waals surface area contributed by atoms with Crippen molar-refractivity contribution >= 4 is 11.9 Å². The van der Waals surface area contributed by atoms with E-state index in [9.17, 15) is 9.59 Å². The number of benzene rings is 1. The third-order valence-corrected chi connectivity index (χ3v) is 3.32. The van der Waals surface area contributed by atoms with Gasteiger partial charge >= 0.3 is 11.9 Å². The molecule has 1 aromatic carbocycles. The van der Waals surface area contributed by atoms with Crippen LogP contribution in [-0.2, 0) is 16.0 Å². The average molecular weight is 293 g/mol. The van der Waals surface area contributed by atoms with Crippen molar-refractivity contribution in [1.29, 1.82) is 0 Å². The second kappa shape index (κ2) is 9.94. The van der Waals surface area contributed by atoms with Gasteiger partial charge in [-0.25, -0.2) is 0 Å². The molecule has 0 saturated heterocycles. The van der Waals surface area contributed by atoms with Crippen LogP contribution in [0.15, 0.2) is 30.3 Å². The lowest BCUT2D eigenvalue weighted by Gasteiger charge is -2.13. The molecule has 0 aliphatic rings. The van der Waals surface area contributed by atoms with Gasteiger partial charge in [-0.2, -0.15) is 0 Å². The fraction of sp³-hybridized carbons (Fsp3) is 0.500. The first kappa shape index (κ1) is 17.2. The lowest BCUT2D eigenvalue weighted by Crippen LogP contribution is -2.37. The molecule has 116 valence electrons. The minimum Gasteiger partial charge on any atom is -0.481 e. The molecule has 0 fully saturated rings. The molecule has 0 heterocycles. The predicted molar refractivity (Wildman–Crippen MR) is 80.3 cm³/mol. The molecule has 5 heteroatoms. The van der Waals surface area contributed by atoms with E-state index >= 15 is 0 Å². The van der Waals surface area contributed by atoms with Crippen LogP contribution in [0, 0.1) is 0 Å². The fourth-order valence-corrected chi connectivity index (χ4v) is 2.13. The molecule has 0 aliphatic carbocycles. The summed E-state index contributed by atoms with van der Waals surface area (Å²) in [5, 5.41) is 20.5. The van der Waals surface area contributed by atoms with Crippen LogP contribution in [0.25, 0.3) is 0 Å². The maximum absolute atomic E-state index is 11.0. The molecule has 3 N–H and O–H groups in total. The molecule has 0 amide bonds. The van der Waals surface area contributed by atoms with E-state index in [1.54, 1.807) is 0 Å². The minimum atomic E-state index is -0.986. The normalized spacial score (nSPS) is 12.0. The maximum atomic E-state index is 11.0. The van der Waals surface area contributed by atoms with E-state index in [4.69, 9.17) is 10.2 Å². The van der Waals surface area contributed by atoms with Crippen molar-refractivity contribution in [3.8, 4) is 0 Å². The zero-order chi connectivity index (χ0) is 15.5. The molecule has 0 saturated carbocycles. The molecule has 0 spiro atoms. The molecule has 5 nitrogen and oxygen atoms in total. The Hall–Kier alpha value is -1.88. The first-order valence-electron chi connectivity index (χ1n) is 7.31. The molecular weight excluding hydrogens is 270 g/mol. The SMILES string of the molecule is O=C(O)CC[C@H](NCCCCCc1ccccc1)C(=O)O. The van der Waals surface area contributed by atoms with Gasteiger partial charge in [-0.3, -0.25) is 9.59 Å². The van der Waals surface area contributed by atoms with Crippen molar-refractivity contribution in [3.05, 3.63) is 35.9 Å². The largest absolute Gasteiger partial charge is 0.481 e. The average Bonchev–Trinajstić information content (AvgIpc) is 2.46. The van der Waals surface area contributed by atoms with E-state index in [1.807, 2.05) is 18.2 Å². The molecule has 0 unspecified atom stereocenters. The van der Waals surface area contributed by atoms with Crippen molar-refractivity contribution in [2.75, 3.05) is 6.54 Å². The highest BCUT2D eigenvalue weighted by atomic mass is 16.4. The van der Waals surface area contributed by atoms with E-state index in [2.05, 4.69) is 17.4 Å². The molecule has 1 aromatic rings. The number of hydrogen-bond acceptors (Lipinski definition) is 3. The van der Waals surface area contributed by atoms with Crippen molar-refractivity contribution in [2.45, 2.75) is 44.6 Å². The molecular formula is C16H23NO4. The van der Waals surface area contributed by atoms with Crippen LogP contribution in [0.2, 0.25) is 0 Å². The van der Waals surface area contributed by atoms with Gasteiger partial charge in [0, 0.05) is 6.42 Å². The summed E-state index contributed by atoms with van der Waals surface area (Å²) in [6, 6.07) is 9.48. The number of carbonyl (C=O) groups is 2. The van der Waals surface area contributed by atoms with Gasteiger partial charge in [0.2, 0.25) is 0 Å². The number of aliphatic carboxylic acids is 2. The van der Waals surface area contributed by atoms with Gasteiger partial charge in [-0.1, -0.05) is 36.8 Å². The predicted octanol–water partition coefficient (Wildman–Crippen LogP) is 2.31. The molecule has 1 rings (SSSR count). The molecule has 1 atom stereocenters. The standard InChI is InChI=1S/C16H23NO4/c18-15(19)11-10-14(16(20)21)17-12-6-2-5-9-13-7-3-1-4-8-13/h1,3-4,7-8,14,17H,2,5-6,9-12H2,(H,18,19)(H,20,21)/t14-/m0/s1. The maximum Gasteiger partial charge on any atom is 0.320 e. The van der Waals surface area contributed by atoms with Crippen molar-refractivity contribution in [1.82, 2.24) is 5.32 Å². The van der Waals surface area contributed by atoms with Crippen LogP contribution in [0.4, 0.5) is 0 Å². The zero-order valence-electron chi connectivity index (χ0n) is 12.1. The minimum absolute atomic E-state index is 0.120. The number of aryl methyl sites for hydroxylation is 1. The number of rotatable bonds is 11. The third kappa shape index (κ3) is 8.09. The highest BCUT2D eigenvalue weighted by molar-refractivity contribution is 5.75. The van der Waals surface area contributed by atoms with Crippen molar-refractivity contribution in [3.63, 3.8) is 0 Å². The van der Waals surface area contributed by atoms with Gasteiger partial charge in [0.05, 0.1) is 0 Å². The van der Waals surface area contributed by atoms with Gasteiger partial charge < -0.3 is 15.5 Å². The first-order valence-corrected chi connectivity index (χ1v) is 7.31. The monoisotopic (exact) mass is 293 g/mol. The summed E-state index contributed by atoms with van der Waals surface area (Å²) in [4.78, 5) is 21.4. The Morgan fingerprint density at radius 3 is 2.38 bits per heavy atom. The van der Waals surface area contributed by atoms with Crippen LogP contribution in [0.5, 0.6) is 0 Å². The first-order chi connectivity index (χ1) is 10.1. The van der Waals surface area contributed by atoms with E-state index in [0.29, 0.717) is 6.54 Å². The lowest BCUT2D eigenvalue weighted by molar-refractivity contribution is -0.140. The van der Waals surface area contributed by atoms with Crippen LogP contribution >= 0.6 is 0 Å². The summed E-state index contributed by atoms with van der Waals surface area (Å²) < 4.78 is 0. The second-order valence-corrected chi connectivity index (χ2v) is 5.07. The van der Waals surface area contributed by atoms with Crippen LogP contribution in [0.1, 0.15) is 37.7 Å². The Kier molecular flexibility index (Phi) is 8.12. The van der Waals surface area contributed by atoms with Gasteiger partial charge in [-0.05, 0) is 37.8 Å². The summed E-state index contributed by atoms with van der Waals surface area (Å²) in [6.07, 6.45) is 4.00.